The van der Waals surface area contributed by atoms with Gasteiger partial charge in [0, 0.05) is 28.2 Å². The lowest BCUT2D eigenvalue weighted by Gasteiger charge is -2.13. The van der Waals surface area contributed by atoms with Gasteiger partial charge < -0.3 is 10.1 Å². The first kappa shape index (κ1) is 16.0. The van der Waals surface area contributed by atoms with Crippen molar-refractivity contribution < 1.29 is 4.74 Å². The van der Waals surface area contributed by atoms with Crippen LogP contribution in [-0.4, -0.2) is 4.98 Å². The van der Waals surface area contributed by atoms with Crippen LogP contribution >= 0.6 is 27.3 Å². The molecule has 0 fully saturated rings. The van der Waals surface area contributed by atoms with Gasteiger partial charge in [-0.05, 0) is 30.7 Å². The van der Waals surface area contributed by atoms with Gasteiger partial charge in [-0.25, -0.2) is 4.98 Å². The molecule has 0 unspecified atom stereocenters. The summed E-state index contributed by atoms with van der Waals surface area (Å²) < 4.78 is 7.05. The molecule has 0 bridgehead atoms. The monoisotopic (exact) mass is 388 g/mol. The van der Waals surface area contributed by atoms with Crippen LogP contribution in [0, 0.1) is 6.92 Å². The molecule has 23 heavy (non-hydrogen) atoms. The van der Waals surface area contributed by atoms with E-state index in [9.17, 15) is 0 Å². The van der Waals surface area contributed by atoms with Crippen molar-refractivity contribution in [3.8, 4) is 5.75 Å². The van der Waals surface area contributed by atoms with Crippen molar-refractivity contribution >= 4 is 32.4 Å². The molecule has 0 aliphatic rings. The molecule has 1 N–H and O–H groups in total. The van der Waals surface area contributed by atoms with Crippen LogP contribution in [0.15, 0.2) is 58.5 Å². The Balaban J connectivity index is 1.69. The summed E-state index contributed by atoms with van der Waals surface area (Å²) in [5.74, 6) is 0.887. The van der Waals surface area contributed by atoms with E-state index in [1.54, 1.807) is 17.5 Å². The molecule has 1 heterocycles. The second kappa shape index (κ2) is 7.62. The Hall–Kier alpha value is -1.85. The zero-order chi connectivity index (χ0) is 16.1. The molecule has 0 spiro atoms. The van der Waals surface area contributed by atoms with Crippen molar-refractivity contribution in [3.63, 3.8) is 0 Å². The Morgan fingerprint density at radius 3 is 2.74 bits per heavy atom. The topological polar surface area (TPSA) is 34.1 Å². The van der Waals surface area contributed by atoms with Gasteiger partial charge in [0.05, 0.1) is 0 Å². The second-order valence-electron chi connectivity index (χ2n) is 5.22. The SMILES string of the molecule is Cc1ccc(COc2ccc(Br)cc2CNc2nccs2)cc1. The van der Waals surface area contributed by atoms with Crippen LogP contribution in [0.4, 0.5) is 5.13 Å². The maximum Gasteiger partial charge on any atom is 0.182 e. The lowest BCUT2D eigenvalue weighted by atomic mass is 10.1. The Bertz CT molecular complexity index is 757. The molecule has 0 radical (unpaired) electrons. The van der Waals surface area contributed by atoms with Crippen molar-refractivity contribution in [1.82, 2.24) is 4.98 Å². The average Bonchev–Trinajstić information content (AvgIpc) is 3.07. The number of thiazole rings is 1. The van der Waals surface area contributed by atoms with Gasteiger partial charge in [-0.1, -0.05) is 45.8 Å². The summed E-state index contributed by atoms with van der Waals surface area (Å²) in [6.07, 6.45) is 1.79. The Kier molecular flexibility index (Phi) is 5.31. The van der Waals surface area contributed by atoms with Crippen molar-refractivity contribution in [3.05, 3.63) is 75.2 Å². The van der Waals surface area contributed by atoms with E-state index in [0.717, 1.165) is 26.5 Å². The number of hydrogen-bond acceptors (Lipinski definition) is 4. The van der Waals surface area contributed by atoms with Gasteiger partial charge >= 0.3 is 0 Å². The molecule has 0 aliphatic carbocycles. The third kappa shape index (κ3) is 4.56. The van der Waals surface area contributed by atoms with Gasteiger partial charge in [0.2, 0.25) is 0 Å². The molecular weight excluding hydrogens is 372 g/mol. The summed E-state index contributed by atoms with van der Waals surface area (Å²) in [4.78, 5) is 4.24. The quantitative estimate of drug-likeness (QED) is 0.613. The minimum atomic E-state index is 0.562. The van der Waals surface area contributed by atoms with E-state index in [1.165, 1.54) is 5.56 Å². The molecule has 3 aromatic rings. The van der Waals surface area contributed by atoms with Crippen LogP contribution in [0.25, 0.3) is 0 Å². The molecule has 3 nitrogen and oxygen atoms in total. The third-order valence-electron chi connectivity index (χ3n) is 3.40. The van der Waals surface area contributed by atoms with Crippen molar-refractivity contribution in [2.45, 2.75) is 20.1 Å². The Morgan fingerprint density at radius 1 is 1.17 bits per heavy atom. The van der Waals surface area contributed by atoms with Crippen LogP contribution in [0.2, 0.25) is 0 Å². The number of hydrogen-bond donors (Lipinski definition) is 1. The standard InChI is InChI=1S/C18H17BrN2OS/c1-13-2-4-14(5-3-13)12-22-17-7-6-16(19)10-15(17)11-21-18-20-8-9-23-18/h2-10H,11-12H2,1H3,(H,20,21). The van der Waals surface area contributed by atoms with Crippen LogP contribution in [0.5, 0.6) is 5.75 Å². The number of nitrogens with zero attached hydrogens (tertiary/aromatic N) is 1. The summed E-state index contributed by atoms with van der Waals surface area (Å²) >= 11 is 5.11. The minimum absolute atomic E-state index is 0.562. The minimum Gasteiger partial charge on any atom is -0.489 e. The second-order valence-corrected chi connectivity index (χ2v) is 7.03. The van der Waals surface area contributed by atoms with Crippen LogP contribution in [0.3, 0.4) is 0 Å². The highest BCUT2D eigenvalue weighted by atomic mass is 79.9. The molecule has 0 atom stereocenters. The predicted molar refractivity (Wildman–Crippen MR) is 99.1 cm³/mol. The predicted octanol–water partition coefficient (Wildman–Crippen LogP) is 5.41. The number of nitrogens with one attached hydrogen (secondary N) is 1. The van der Waals surface area contributed by atoms with E-state index in [4.69, 9.17) is 4.74 Å². The maximum absolute atomic E-state index is 6.01. The van der Waals surface area contributed by atoms with E-state index < -0.39 is 0 Å². The van der Waals surface area contributed by atoms with Gasteiger partial charge in [-0.15, -0.1) is 11.3 Å². The summed E-state index contributed by atoms with van der Waals surface area (Å²) in [6, 6.07) is 14.5. The number of halogens is 1. The molecule has 0 saturated carbocycles. The molecule has 0 amide bonds. The molecule has 3 rings (SSSR count). The normalized spacial score (nSPS) is 10.5. The van der Waals surface area contributed by atoms with Crippen molar-refractivity contribution in [2.75, 3.05) is 5.32 Å². The first-order chi connectivity index (χ1) is 11.2. The van der Waals surface area contributed by atoms with Crippen LogP contribution in [0.1, 0.15) is 16.7 Å². The molecule has 0 aliphatic heterocycles. The van der Waals surface area contributed by atoms with Crippen LogP contribution < -0.4 is 10.1 Å². The Labute approximate surface area is 148 Å². The fourth-order valence-corrected chi connectivity index (χ4v) is 3.09. The highest BCUT2D eigenvalue weighted by Gasteiger charge is 2.06. The van der Waals surface area contributed by atoms with E-state index >= 15 is 0 Å². The highest BCUT2D eigenvalue weighted by Crippen LogP contribution is 2.25. The lowest BCUT2D eigenvalue weighted by molar-refractivity contribution is 0.303. The van der Waals surface area contributed by atoms with Crippen molar-refractivity contribution in [1.29, 1.82) is 0 Å². The van der Waals surface area contributed by atoms with Gasteiger partial charge in [-0.2, -0.15) is 0 Å². The van der Waals surface area contributed by atoms with E-state index in [0.29, 0.717) is 13.2 Å². The van der Waals surface area contributed by atoms with Crippen molar-refractivity contribution in [2.24, 2.45) is 0 Å². The number of anilines is 1. The molecule has 2 aromatic carbocycles. The molecular formula is C18H17BrN2OS. The number of benzene rings is 2. The van der Waals surface area contributed by atoms with Gasteiger partial charge in [0.25, 0.3) is 0 Å². The fraction of sp³-hybridized carbons (Fsp3) is 0.167. The number of rotatable bonds is 6. The first-order valence-corrected chi connectivity index (χ1v) is 8.98. The zero-order valence-corrected chi connectivity index (χ0v) is 15.2. The average molecular weight is 389 g/mol. The summed E-state index contributed by atoms with van der Waals surface area (Å²) in [5.41, 5.74) is 3.52. The lowest BCUT2D eigenvalue weighted by Crippen LogP contribution is -2.03. The number of aryl methyl sites for hydroxylation is 1. The highest BCUT2D eigenvalue weighted by molar-refractivity contribution is 9.10. The van der Waals surface area contributed by atoms with E-state index in [1.807, 2.05) is 17.5 Å². The molecule has 5 heteroatoms. The summed E-state index contributed by atoms with van der Waals surface area (Å²) in [6.45, 7) is 3.32. The van der Waals surface area contributed by atoms with Gasteiger partial charge in [0.1, 0.15) is 12.4 Å². The fourth-order valence-electron chi connectivity index (χ4n) is 2.15. The van der Waals surface area contributed by atoms with E-state index in [2.05, 4.69) is 63.5 Å². The summed E-state index contributed by atoms with van der Waals surface area (Å²) in [7, 11) is 0. The smallest absolute Gasteiger partial charge is 0.182 e. The Morgan fingerprint density at radius 2 is 2.00 bits per heavy atom. The molecule has 0 saturated heterocycles. The summed E-state index contributed by atoms with van der Waals surface area (Å²) in [5, 5.41) is 6.19. The number of aromatic nitrogens is 1. The van der Waals surface area contributed by atoms with Gasteiger partial charge in [-0.3, -0.25) is 0 Å². The zero-order valence-electron chi connectivity index (χ0n) is 12.8. The third-order valence-corrected chi connectivity index (χ3v) is 4.62. The van der Waals surface area contributed by atoms with Gasteiger partial charge in [0.15, 0.2) is 5.13 Å². The largest absolute Gasteiger partial charge is 0.489 e. The first-order valence-electron chi connectivity index (χ1n) is 7.31. The molecule has 1 aromatic heterocycles. The molecule has 118 valence electrons. The van der Waals surface area contributed by atoms with E-state index in [-0.39, 0.29) is 0 Å². The maximum atomic E-state index is 6.01. The number of ether oxygens (including phenoxy) is 1. The van der Waals surface area contributed by atoms with Crippen LogP contribution in [-0.2, 0) is 13.2 Å².